The number of rotatable bonds is 2. The first-order chi connectivity index (χ1) is 4.16. The van der Waals surface area contributed by atoms with E-state index >= 15 is 0 Å². The van der Waals surface area contributed by atoms with Crippen LogP contribution in [-0.4, -0.2) is 10.8 Å². The molecule has 50 valence electrons. The number of nitrogens with one attached hydrogen (secondary N) is 1. The third-order valence-corrected chi connectivity index (χ3v) is 1.12. The number of aliphatic imine (C=N–C) groups is 1. The molecule has 0 unspecified atom stereocenters. The van der Waals surface area contributed by atoms with E-state index in [0.29, 0.717) is 4.62 Å². The molecule has 0 bridgehead atoms. The van der Waals surface area contributed by atoms with Crippen LogP contribution in [0.2, 0.25) is 0 Å². The summed E-state index contributed by atoms with van der Waals surface area (Å²) in [5, 5.41) is 6.71. The van der Waals surface area contributed by atoms with Crippen LogP contribution in [0, 0.1) is 5.41 Å². The van der Waals surface area contributed by atoms with Crippen molar-refractivity contribution in [2.45, 2.75) is 6.92 Å². The highest BCUT2D eigenvalue weighted by atomic mass is 79.9. The van der Waals surface area contributed by atoms with Gasteiger partial charge in [-0.1, -0.05) is 15.9 Å². The molecule has 0 aromatic heterocycles. The number of allylic oxidation sites excluding steroid dienone is 1. The summed E-state index contributed by atoms with van der Waals surface area (Å²) in [6.07, 6.45) is 2.75. The Hall–Kier alpha value is 0.0400. The highest BCUT2D eigenvalue weighted by Gasteiger charge is 1.80. The predicted molar refractivity (Wildman–Crippen MR) is 47.8 cm³/mol. The van der Waals surface area contributed by atoms with Gasteiger partial charge in [0.05, 0.1) is 6.21 Å². The normalized spacial score (nSPS) is 13.7. The molecule has 0 atom stereocenters. The lowest BCUT2D eigenvalue weighted by Crippen LogP contribution is -1.81. The molecular formula is C5H6Br2N2. The van der Waals surface area contributed by atoms with Crippen LogP contribution in [0.5, 0.6) is 0 Å². The Bertz CT molecular complexity index is 156. The van der Waals surface area contributed by atoms with Gasteiger partial charge in [-0.25, -0.2) is 4.99 Å². The summed E-state index contributed by atoms with van der Waals surface area (Å²) in [5.41, 5.74) is 0. The van der Waals surface area contributed by atoms with Gasteiger partial charge in [0.25, 0.3) is 0 Å². The van der Waals surface area contributed by atoms with Crippen molar-refractivity contribution in [3.63, 3.8) is 0 Å². The summed E-state index contributed by atoms with van der Waals surface area (Å²) in [5.74, 6) is 0. The second kappa shape index (κ2) is 4.88. The number of hydrogen-bond donors (Lipinski definition) is 1. The first kappa shape index (κ1) is 9.04. The summed E-state index contributed by atoms with van der Waals surface area (Å²) in [6, 6.07) is 0. The minimum atomic E-state index is 0.515. The van der Waals surface area contributed by atoms with Crippen molar-refractivity contribution in [2.75, 3.05) is 0 Å². The fourth-order valence-corrected chi connectivity index (χ4v) is 0.393. The van der Waals surface area contributed by atoms with E-state index in [-0.39, 0.29) is 0 Å². The monoisotopic (exact) mass is 252 g/mol. The van der Waals surface area contributed by atoms with Crippen LogP contribution in [0.15, 0.2) is 15.7 Å². The molecule has 9 heavy (non-hydrogen) atoms. The van der Waals surface area contributed by atoms with Crippen LogP contribution < -0.4 is 0 Å². The zero-order valence-electron chi connectivity index (χ0n) is 4.86. The van der Waals surface area contributed by atoms with Crippen molar-refractivity contribution in [1.29, 1.82) is 5.41 Å². The maximum atomic E-state index is 6.71. The fourth-order valence-electron chi connectivity index (χ4n) is 0.188. The highest BCUT2D eigenvalue weighted by Crippen LogP contribution is 2.01. The molecule has 0 amide bonds. The first-order valence-corrected chi connectivity index (χ1v) is 3.81. The molecule has 0 radical (unpaired) electrons. The zero-order chi connectivity index (χ0) is 7.28. The summed E-state index contributed by atoms with van der Waals surface area (Å²) >= 11 is 6.24. The van der Waals surface area contributed by atoms with E-state index in [9.17, 15) is 0 Å². The average molecular weight is 254 g/mol. The summed E-state index contributed by atoms with van der Waals surface area (Å²) < 4.78 is 1.45. The van der Waals surface area contributed by atoms with Crippen LogP contribution >= 0.6 is 31.9 Å². The van der Waals surface area contributed by atoms with Crippen LogP contribution in [0.1, 0.15) is 6.92 Å². The van der Waals surface area contributed by atoms with E-state index < -0.39 is 0 Å². The topological polar surface area (TPSA) is 36.2 Å². The summed E-state index contributed by atoms with van der Waals surface area (Å²) in [6.45, 7) is 1.87. The number of nitrogens with zero attached hydrogens (tertiary/aromatic N) is 1. The number of hydrogen-bond acceptors (Lipinski definition) is 2. The van der Waals surface area contributed by atoms with Crippen molar-refractivity contribution in [3.8, 4) is 0 Å². The van der Waals surface area contributed by atoms with Crippen molar-refractivity contribution >= 4 is 42.7 Å². The Balaban J connectivity index is 3.98. The molecule has 0 rings (SSSR count). The Morgan fingerprint density at radius 2 is 2.11 bits per heavy atom. The second-order valence-corrected chi connectivity index (χ2v) is 3.38. The van der Waals surface area contributed by atoms with Crippen molar-refractivity contribution in [3.05, 3.63) is 10.7 Å². The van der Waals surface area contributed by atoms with E-state index in [1.54, 1.807) is 6.20 Å². The molecule has 2 nitrogen and oxygen atoms in total. The van der Waals surface area contributed by atoms with Gasteiger partial charge in [-0.05, 0) is 22.9 Å². The van der Waals surface area contributed by atoms with Gasteiger partial charge in [0.1, 0.15) is 4.62 Å². The van der Waals surface area contributed by atoms with Crippen LogP contribution in [0.25, 0.3) is 0 Å². The van der Waals surface area contributed by atoms with Gasteiger partial charge in [0.15, 0.2) is 0 Å². The Kier molecular flexibility index (Phi) is 4.90. The van der Waals surface area contributed by atoms with Crippen LogP contribution in [-0.2, 0) is 0 Å². The van der Waals surface area contributed by atoms with E-state index in [2.05, 4.69) is 36.9 Å². The molecule has 0 aromatic rings. The summed E-state index contributed by atoms with van der Waals surface area (Å²) in [7, 11) is 0. The first-order valence-electron chi connectivity index (χ1n) is 2.23. The molecule has 4 heteroatoms. The van der Waals surface area contributed by atoms with Gasteiger partial charge in [-0.2, -0.15) is 0 Å². The molecule has 1 N–H and O–H groups in total. The molecule has 0 aromatic carbocycles. The van der Waals surface area contributed by atoms with E-state index in [1.165, 1.54) is 0 Å². The average Bonchev–Trinajstić information content (AvgIpc) is 1.83. The Labute approximate surface area is 70.8 Å². The smallest absolute Gasteiger partial charge is 0.123 e. The van der Waals surface area contributed by atoms with Gasteiger partial charge >= 0.3 is 0 Å². The van der Waals surface area contributed by atoms with Crippen molar-refractivity contribution in [2.24, 2.45) is 4.99 Å². The Morgan fingerprint density at radius 3 is 2.44 bits per heavy atom. The fraction of sp³-hybridized carbons (Fsp3) is 0.200. The molecular weight excluding hydrogens is 248 g/mol. The van der Waals surface area contributed by atoms with E-state index in [4.69, 9.17) is 5.41 Å². The van der Waals surface area contributed by atoms with Crippen LogP contribution in [0.3, 0.4) is 0 Å². The number of halogens is 2. The summed E-state index contributed by atoms with van der Waals surface area (Å²) in [4.78, 5) is 3.82. The van der Waals surface area contributed by atoms with Crippen LogP contribution in [0.4, 0.5) is 0 Å². The standard InChI is InChI=1S/C5H6Br2N2/c1-4(6)3-9-5(7)2-8/h2-3,8H,1H3/b4-3+,8-2?,9-5?. The Morgan fingerprint density at radius 1 is 1.56 bits per heavy atom. The molecule has 0 aliphatic heterocycles. The lowest BCUT2D eigenvalue weighted by molar-refractivity contribution is 1.52. The highest BCUT2D eigenvalue weighted by molar-refractivity contribution is 9.19. The predicted octanol–water partition coefficient (Wildman–Crippen LogP) is 2.69. The third-order valence-electron chi connectivity index (χ3n) is 0.485. The zero-order valence-corrected chi connectivity index (χ0v) is 8.03. The molecule has 0 saturated heterocycles. The largest absolute Gasteiger partial charge is 0.306 e. The molecule has 0 aliphatic carbocycles. The molecule has 0 heterocycles. The maximum absolute atomic E-state index is 6.71. The molecule has 0 fully saturated rings. The minimum Gasteiger partial charge on any atom is -0.306 e. The van der Waals surface area contributed by atoms with Crippen molar-refractivity contribution in [1.82, 2.24) is 0 Å². The van der Waals surface area contributed by atoms with Gasteiger partial charge in [0, 0.05) is 10.7 Å². The quantitative estimate of drug-likeness (QED) is 0.735. The van der Waals surface area contributed by atoms with Gasteiger partial charge in [-0.15, -0.1) is 0 Å². The maximum Gasteiger partial charge on any atom is 0.123 e. The van der Waals surface area contributed by atoms with E-state index in [1.807, 2.05) is 6.92 Å². The minimum absolute atomic E-state index is 0.515. The molecule has 0 saturated carbocycles. The van der Waals surface area contributed by atoms with Gasteiger partial charge in [0.2, 0.25) is 0 Å². The van der Waals surface area contributed by atoms with E-state index in [0.717, 1.165) is 10.7 Å². The van der Waals surface area contributed by atoms with Gasteiger partial charge < -0.3 is 5.41 Å². The SMILES string of the molecule is C/C(Br)=C\N=C(Br)C=N. The second-order valence-electron chi connectivity index (χ2n) is 1.31. The third kappa shape index (κ3) is 5.92. The lowest BCUT2D eigenvalue weighted by Gasteiger charge is -1.81. The van der Waals surface area contributed by atoms with Crippen molar-refractivity contribution < 1.29 is 0 Å². The molecule has 0 spiro atoms. The molecule has 0 aliphatic rings. The van der Waals surface area contributed by atoms with Gasteiger partial charge in [-0.3, -0.25) is 0 Å². The lowest BCUT2D eigenvalue weighted by atomic mass is 10.7.